The van der Waals surface area contributed by atoms with E-state index in [1.54, 1.807) is 6.07 Å². The lowest BCUT2D eigenvalue weighted by molar-refractivity contribution is -0.118. The summed E-state index contributed by atoms with van der Waals surface area (Å²) < 4.78 is 0. The van der Waals surface area contributed by atoms with Crippen LogP contribution in [0.25, 0.3) is 0 Å². The fourth-order valence-corrected chi connectivity index (χ4v) is 2.75. The molecule has 0 atom stereocenters. The van der Waals surface area contributed by atoms with Gasteiger partial charge in [-0.2, -0.15) is 0 Å². The van der Waals surface area contributed by atoms with Crippen LogP contribution in [0.2, 0.25) is 5.02 Å². The van der Waals surface area contributed by atoms with Gasteiger partial charge in [0.15, 0.2) is 0 Å². The van der Waals surface area contributed by atoms with E-state index in [4.69, 9.17) is 11.6 Å². The van der Waals surface area contributed by atoms with Crippen LogP contribution in [0.1, 0.15) is 19.8 Å². The van der Waals surface area contributed by atoms with Gasteiger partial charge in [-0.15, -0.1) is 0 Å². The number of para-hydroxylation sites is 1. The minimum atomic E-state index is -0.285. The van der Waals surface area contributed by atoms with Gasteiger partial charge in [0, 0.05) is 6.54 Å². The van der Waals surface area contributed by atoms with Crippen LogP contribution in [0.15, 0.2) is 18.2 Å². The lowest BCUT2D eigenvalue weighted by Crippen LogP contribution is -2.50. The van der Waals surface area contributed by atoms with Gasteiger partial charge in [-0.3, -0.25) is 4.79 Å². The highest BCUT2D eigenvalue weighted by Crippen LogP contribution is 2.51. The lowest BCUT2D eigenvalue weighted by atomic mass is 10.1. The third-order valence-corrected chi connectivity index (χ3v) is 3.82. The Kier molecular flexibility index (Phi) is 1.96. The SMILES string of the molecule is CCN1c2cccc(Cl)c2NC(=O)C12CC2. The van der Waals surface area contributed by atoms with Gasteiger partial charge in [0.25, 0.3) is 0 Å². The van der Waals surface area contributed by atoms with Crippen molar-refractivity contribution in [1.82, 2.24) is 0 Å². The van der Waals surface area contributed by atoms with Gasteiger partial charge in [-0.05, 0) is 31.9 Å². The van der Waals surface area contributed by atoms with Gasteiger partial charge in [0.05, 0.1) is 16.4 Å². The number of likely N-dealkylation sites (N-methyl/N-ethyl adjacent to an activating group) is 1. The average Bonchev–Trinajstić information content (AvgIpc) is 3.04. The van der Waals surface area contributed by atoms with E-state index < -0.39 is 0 Å². The summed E-state index contributed by atoms with van der Waals surface area (Å²) in [6, 6.07) is 5.75. The number of benzene rings is 1. The Morgan fingerprint density at radius 2 is 2.25 bits per heavy atom. The first-order valence-corrected chi connectivity index (χ1v) is 5.94. The van der Waals surface area contributed by atoms with E-state index in [2.05, 4.69) is 17.1 Å². The highest BCUT2D eigenvalue weighted by Gasteiger charge is 2.57. The topological polar surface area (TPSA) is 32.3 Å². The fourth-order valence-electron chi connectivity index (χ4n) is 2.53. The van der Waals surface area contributed by atoms with Gasteiger partial charge in [-0.1, -0.05) is 17.7 Å². The van der Waals surface area contributed by atoms with Crippen molar-refractivity contribution in [3.8, 4) is 0 Å². The van der Waals surface area contributed by atoms with Crippen LogP contribution in [-0.4, -0.2) is 18.0 Å². The molecule has 2 aliphatic rings. The fraction of sp³-hybridized carbons (Fsp3) is 0.417. The summed E-state index contributed by atoms with van der Waals surface area (Å²) in [6.45, 7) is 2.91. The normalized spacial score (nSPS) is 20.6. The molecule has 1 N–H and O–H groups in total. The van der Waals surface area contributed by atoms with E-state index in [9.17, 15) is 4.79 Å². The van der Waals surface area contributed by atoms with E-state index in [-0.39, 0.29) is 11.4 Å². The minimum absolute atomic E-state index is 0.0925. The van der Waals surface area contributed by atoms with Gasteiger partial charge < -0.3 is 10.2 Å². The van der Waals surface area contributed by atoms with Crippen molar-refractivity contribution in [3.05, 3.63) is 23.2 Å². The van der Waals surface area contributed by atoms with Crippen LogP contribution < -0.4 is 10.2 Å². The molecule has 84 valence electrons. The van der Waals surface area contributed by atoms with Crippen molar-refractivity contribution in [2.24, 2.45) is 0 Å². The van der Waals surface area contributed by atoms with Crippen LogP contribution in [0.3, 0.4) is 0 Å². The maximum atomic E-state index is 12.1. The molecule has 1 aliphatic heterocycles. The molecule has 0 saturated heterocycles. The van der Waals surface area contributed by atoms with Crippen LogP contribution in [0, 0.1) is 0 Å². The second kappa shape index (κ2) is 3.14. The summed E-state index contributed by atoms with van der Waals surface area (Å²) in [5.41, 5.74) is 1.52. The molecule has 0 radical (unpaired) electrons. The number of hydrogen-bond acceptors (Lipinski definition) is 2. The summed E-state index contributed by atoms with van der Waals surface area (Å²) in [5, 5.41) is 3.54. The number of amides is 1. The molecule has 1 aromatic carbocycles. The molecule has 16 heavy (non-hydrogen) atoms. The quantitative estimate of drug-likeness (QED) is 0.813. The van der Waals surface area contributed by atoms with Crippen LogP contribution in [-0.2, 0) is 4.79 Å². The Morgan fingerprint density at radius 1 is 1.50 bits per heavy atom. The minimum Gasteiger partial charge on any atom is -0.356 e. The second-order valence-electron chi connectivity index (χ2n) is 4.36. The van der Waals surface area contributed by atoms with E-state index >= 15 is 0 Å². The number of fused-ring (bicyclic) bond motifs is 1. The number of carbonyl (C=O) groups excluding carboxylic acids is 1. The van der Waals surface area contributed by atoms with Gasteiger partial charge in [-0.25, -0.2) is 0 Å². The predicted molar refractivity (Wildman–Crippen MR) is 65.1 cm³/mol. The van der Waals surface area contributed by atoms with Crippen molar-refractivity contribution < 1.29 is 4.79 Å². The summed E-state index contributed by atoms with van der Waals surface area (Å²) >= 11 is 6.10. The van der Waals surface area contributed by atoms with E-state index in [0.717, 1.165) is 30.8 Å². The van der Waals surface area contributed by atoms with Crippen molar-refractivity contribution in [2.45, 2.75) is 25.3 Å². The Morgan fingerprint density at radius 3 is 2.88 bits per heavy atom. The number of hydrogen-bond donors (Lipinski definition) is 1. The molecule has 1 aliphatic carbocycles. The standard InChI is InChI=1S/C12H13ClN2O/c1-2-15-9-5-3-4-8(13)10(9)14-11(16)12(15)6-7-12/h3-5H,2,6-7H2,1H3,(H,14,16). The summed E-state index contributed by atoms with van der Waals surface area (Å²) in [7, 11) is 0. The van der Waals surface area contributed by atoms with Gasteiger partial charge in [0.1, 0.15) is 5.54 Å². The molecular formula is C12H13ClN2O. The molecule has 0 bridgehead atoms. The Bertz CT molecular complexity index is 468. The van der Waals surface area contributed by atoms with Crippen LogP contribution in [0.5, 0.6) is 0 Å². The van der Waals surface area contributed by atoms with Crippen molar-refractivity contribution in [2.75, 3.05) is 16.8 Å². The molecule has 3 rings (SSSR count). The third-order valence-electron chi connectivity index (χ3n) is 3.50. The van der Waals surface area contributed by atoms with E-state index in [1.807, 2.05) is 12.1 Å². The first-order chi connectivity index (χ1) is 7.69. The highest BCUT2D eigenvalue weighted by atomic mass is 35.5. The molecule has 0 unspecified atom stereocenters. The number of rotatable bonds is 1. The maximum absolute atomic E-state index is 12.1. The molecule has 1 spiro atoms. The summed E-state index contributed by atoms with van der Waals surface area (Å²) in [5.74, 6) is 0.0925. The number of nitrogens with zero attached hydrogens (tertiary/aromatic N) is 1. The highest BCUT2D eigenvalue weighted by molar-refractivity contribution is 6.35. The monoisotopic (exact) mass is 236 g/mol. The molecule has 3 nitrogen and oxygen atoms in total. The molecular weight excluding hydrogens is 224 g/mol. The predicted octanol–water partition coefficient (Wildman–Crippen LogP) is 2.65. The van der Waals surface area contributed by atoms with Gasteiger partial charge >= 0.3 is 0 Å². The zero-order chi connectivity index (χ0) is 11.3. The number of carbonyl (C=O) groups is 1. The van der Waals surface area contributed by atoms with Crippen molar-refractivity contribution in [3.63, 3.8) is 0 Å². The Hall–Kier alpha value is -1.22. The third kappa shape index (κ3) is 1.12. The van der Waals surface area contributed by atoms with E-state index in [1.165, 1.54) is 0 Å². The van der Waals surface area contributed by atoms with Crippen molar-refractivity contribution in [1.29, 1.82) is 0 Å². The van der Waals surface area contributed by atoms with Crippen LogP contribution >= 0.6 is 11.6 Å². The number of nitrogens with one attached hydrogen (secondary N) is 1. The molecule has 1 amide bonds. The smallest absolute Gasteiger partial charge is 0.250 e. The zero-order valence-electron chi connectivity index (χ0n) is 9.09. The second-order valence-corrected chi connectivity index (χ2v) is 4.77. The average molecular weight is 237 g/mol. The number of halogens is 1. The van der Waals surface area contributed by atoms with Crippen molar-refractivity contribution >= 4 is 28.9 Å². The van der Waals surface area contributed by atoms with Crippen LogP contribution in [0.4, 0.5) is 11.4 Å². The molecule has 0 aromatic heterocycles. The number of anilines is 2. The molecule has 1 heterocycles. The summed E-state index contributed by atoms with van der Waals surface area (Å²) in [6.07, 6.45) is 1.89. The summed E-state index contributed by atoms with van der Waals surface area (Å²) in [4.78, 5) is 14.2. The van der Waals surface area contributed by atoms with Gasteiger partial charge in [0.2, 0.25) is 5.91 Å². The zero-order valence-corrected chi connectivity index (χ0v) is 9.84. The molecule has 1 fully saturated rings. The lowest BCUT2D eigenvalue weighted by Gasteiger charge is -2.38. The largest absolute Gasteiger partial charge is 0.356 e. The van der Waals surface area contributed by atoms with E-state index in [0.29, 0.717) is 5.02 Å². The first-order valence-electron chi connectivity index (χ1n) is 5.56. The Labute approximate surface area is 99.4 Å². The first kappa shape index (κ1) is 9.97. The molecule has 4 heteroatoms. The molecule has 1 aromatic rings. The molecule has 1 saturated carbocycles. The Balaban J connectivity index is 2.17. The maximum Gasteiger partial charge on any atom is 0.250 e.